The molecule has 0 saturated heterocycles. The molecule has 90 valence electrons. The van der Waals surface area contributed by atoms with Crippen molar-refractivity contribution in [3.63, 3.8) is 0 Å². The van der Waals surface area contributed by atoms with E-state index in [0.717, 1.165) is 4.88 Å². The van der Waals surface area contributed by atoms with Crippen LogP contribution in [0.2, 0.25) is 0 Å². The van der Waals surface area contributed by atoms with Gasteiger partial charge >= 0.3 is 0 Å². The Bertz CT molecular complexity index is 477. The fourth-order valence-corrected chi connectivity index (χ4v) is 2.15. The molecule has 5 nitrogen and oxygen atoms in total. The lowest BCUT2D eigenvalue weighted by atomic mass is 10.3. The van der Waals surface area contributed by atoms with E-state index in [-0.39, 0.29) is 5.91 Å². The van der Waals surface area contributed by atoms with E-state index in [0.29, 0.717) is 25.2 Å². The number of aromatic nitrogens is 2. The van der Waals surface area contributed by atoms with Gasteiger partial charge in [-0.25, -0.2) is 0 Å². The molecule has 0 atom stereocenters. The summed E-state index contributed by atoms with van der Waals surface area (Å²) >= 11 is 1.59. The molecular weight excluding hydrogens is 236 g/mol. The summed E-state index contributed by atoms with van der Waals surface area (Å²) in [5.41, 5.74) is 6.17. The highest BCUT2D eigenvalue weighted by Gasteiger charge is 2.03. The van der Waals surface area contributed by atoms with E-state index < -0.39 is 0 Å². The lowest BCUT2D eigenvalue weighted by molar-refractivity contribution is -0.120. The number of nitrogens with zero attached hydrogens (tertiary/aromatic N) is 2. The summed E-state index contributed by atoms with van der Waals surface area (Å²) < 4.78 is 1.71. The molecule has 1 amide bonds. The first kappa shape index (κ1) is 11.7. The van der Waals surface area contributed by atoms with Gasteiger partial charge in [-0.2, -0.15) is 5.10 Å². The molecule has 2 heterocycles. The van der Waals surface area contributed by atoms with Crippen LogP contribution in [0.5, 0.6) is 0 Å². The van der Waals surface area contributed by atoms with E-state index in [1.165, 1.54) is 0 Å². The summed E-state index contributed by atoms with van der Waals surface area (Å²) in [6.07, 6.45) is 3.78. The predicted molar refractivity (Wildman–Crippen MR) is 67.7 cm³/mol. The Kier molecular flexibility index (Phi) is 3.77. The molecule has 2 rings (SSSR count). The summed E-state index contributed by atoms with van der Waals surface area (Å²) in [6, 6.07) is 3.90. The number of hydrogen-bond acceptors (Lipinski definition) is 4. The van der Waals surface area contributed by atoms with Gasteiger partial charge in [0.1, 0.15) is 0 Å². The Morgan fingerprint density at radius 2 is 2.47 bits per heavy atom. The fraction of sp³-hybridized carbons (Fsp3) is 0.273. The zero-order valence-corrected chi connectivity index (χ0v) is 10.1. The van der Waals surface area contributed by atoms with Crippen LogP contribution in [0.15, 0.2) is 29.9 Å². The maximum Gasteiger partial charge on any atom is 0.225 e. The van der Waals surface area contributed by atoms with Gasteiger partial charge in [0.25, 0.3) is 0 Å². The van der Waals surface area contributed by atoms with E-state index in [2.05, 4.69) is 10.4 Å². The molecule has 0 aliphatic heterocycles. The first-order valence-electron chi connectivity index (χ1n) is 5.31. The molecule has 0 aromatic carbocycles. The second-order valence-corrected chi connectivity index (χ2v) is 4.68. The minimum absolute atomic E-state index is 0.0348. The largest absolute Gasteiger partial charge is 0.396 e. The van der Waals surface area contributed by atoms with Gasteiger partial charge in [0.05, 0.1) is 24.8 Å². The molecule has 3 N–H and O–H groups in total. The van der Waals surface area contributed by atoms with Gasteiger partial charge in [-0.15, -0.1) is 11.3 Å². The van der Waals surface area contributed by atoms with Crippen LogP contribution >= 0.6 is 11.3 Å². The first-order chi connectivity index (χ1) is 8.24. The number of nitrogens with two attached hydrogens (primary N) is 1. The van der Waals surface area contributed by atoms with Crippen molar-refractivity contribution in [1.29, 1.82) is 0 Å². The normalized spacial score (nSPS) is 10.4. The van der Waals surface area contributed by atoms with E-state index in [1.54, 1.807) is 28.4 Å². The van der Waals surface area contributed by atoms with E-state index in [1.807, 2.05) is 17.5 Å². The summed E-state index contributed by atoms with van der Waals surface area (Å²) in [6.45, 7) is 1.19. The number of rotatable bonds is 5. The minimum atomic E-state index is 0.0348. The molecule has 0 bridgehead atoms. The average Bonchev–Trinajstić information content (AvgIpc) is 2.90. The van der Waals surface area contributed by atoms with Gasteiger partial charge in [-0.1, -0.05) is 6.07 Å². The van der Waals surface area contributed by atoms with Crippen LogP contribution in [0.25, 0.3) is 0 Å². The van der Waals surface area contributed by atoms with Crippen LogP contribution in [0.4, 0.5) is 5.69 Å². The first-order valence-corrected chi connectivity index (χ1v) is 6.19. The molecule has 0 aliphatic rings. The standard InChI is InChI=1S/C11H14N4OS/c12-9-7-14-15(8-9)4-3-13-11(16)6-10-2-1-5-17-10/h1-2,5,7-8H,3-4,6,12H2,(H,13,16). The number of nitrogen functional groups attached to an aromatic ring is 1. The molecule has 0 fully saturated rings. The quantitative estimate of drug-likeness (QED) is 0.827. The molecule has 0 radical (unpaired) electrons. The third-order valence-corrected chi connectivity index (χ3v) is 3.11. The Hall–Kier alpha value is -1.82. The number of nitrogens with one attached hydrogen (secondary N) is 1. The number of anilines is 1. The van der Waals surface area contributed by atoms with Crippen LogP contribution in [0.3, 0.4) is 0 Å². The van der Waals surface area contributed by atoms with Crippen LogP contribution in [0.1, 0.15) is 4.88 Å². The molecule has 0 aliphatic carbocycles. The van der Waals surface area contributed by atoms with Crippen molar-refractivity contribution in [2.45, 2.75) is 13.0 Å². The van der Waals surface area contributed by atoms with Crippen molar-refractivity contribution < 1.29 is 4.79 Å². The lowest BCUT2D eigenvalue weighted by Crippen LogP contribution is -2.28. The van der Waals surface area contributed by atoms with Gasteiger partial charge in [0.15, 0.2) is 0 Å². The van der Waals surface area contributed by atoms with Crippen LogP contribution in [0, 0.1) is 0 Å². The highest BCUT2D eigenvalue weighted by Crippen LogP contribution is 2.08. The highest BCUT2D eigenvalue weighted by atomic mass is 32.1. The van der Waals surface area contributed by atoms with Gasteiger partial charge < -0.3 is 11.1 Å². The maximum atomic E-state index is 11.5. The number of thiophene rings is 1. The van der Waals surface area contributed by atoms with Gasteiger partial charge in [-0.3, -0.25) is 9.48 Å². The van der Waals surface area contributed by atoms with Crippen LogP contribution in [-0.4, -0.2) is 22.2 Å². The van der Waals surface area contributed by atoms with E-state index >= 15 is 0 Å². The van der Waals surface area contributed by atoms with Gasteiger partial charge in [-0.05, 0) is 11.4 Å². The van der Waals surface area contributed by atoms with E-state index in [9.17, 15) is 4.79 Å². The van der Waals surface area contributed by atoms with Crippen LogP contribution in [-0.2, 0) is 17.8 Å². The van der Waals surface area contributed by atoms with Crippen molar-refractivity contribution in [3.8, 4) is 0 Å². The van der Waals surface area contributed by atoms with Gasteiger partial charge in [0, 0.05) is 17.6 Å². The Morgan fingerprint density at radius 1 is 1.59 bits per heavy atom. The minimum Gasteiger partial charge on any atom is -0.396 e. The topological polar surface area (TPSA) is 72.9 Å². The number of carbonyl (C=O) groups is 1. The fourth-order valence-electron chi connectivity index (χ4n) is 1.45. The molecule has 17 heavy (non-hydrogen) atoms. The number of amides is 1. The third-order valence-electron chi connectivity index (χ3n) is 2.23. The van der Waals surface area contributed by atoms with Crippen molar-refractivity contribution >= 4 is 22.9 Å². The lowest BCUT2D eigenvalue weighted by Gasteiger charge is -2.04. The average molecular weight is 250 g/mol. The monoisotopic (exact) mass is 250 g/mol. The summed E-state index contributed by atoms with van der Waals surface area (Å²) in [7, 11) is 0. The van der Waals surface area contributed by atoms with Crippen molar-refractivity contribution in [3.05, 3.63) is 34.8 Å². The SMILES string of the molecule is Nc1cnn(CCNC(=O)Cc2cccs2)c1. The third kappa shape index (κ3) is 3.60. The molecule has 0 spiro atoms. The molecule has 6 heteroatoms. The zero-order valence-electron chi connectivity index (χ0n) is 9.30. The summed E-state index contributed by atoms with van der Waals surface area (Å²) in [5, 5.41) is 8.84. The van der Waals surface area contributed by atoms with Crippen molar-refractivity contribution in [1.82, 2.24) is 15.1 Å². The number of carbonyl (C=O) groups excluding carboxylic acids is 1. The van der Waals surface area contributed by atoms with Crippen molar-refractivity contribution in [2.24, 2.45) is 0 Å². The second kappa shape index (κ2) is 5.49. The van der Waals surface area contributed by atoms with E-state index in [4.69, 9.17) is 5.73 Å². The molecule has 0 unspecified atom stereocenters. The smallest absolute Gasteiger partial charge is 0.225 e. The zero-order chi connectivity index (χ0) is 12.1. The van der Waals surface area contributed by atoms with Crippen molar-refractivity contribution in [2.75, 3.05) is 12.3 Å². The van der Waals surface area contributed by atoms with Crippen LogP contribution < -0.4 is 11.1 Å². The second-order valence-electron chi connectivity index (χ2n) is 3.64. The Morgan fingerprint density at radius 3 is 3.12 bits per heavy atom. The Labute approximate surface area is 103 Å². The maximum absolute atomic E-state index is 11.5. The number of hydrogen-bond donors (Lipinski definition) is 2. The molecular formula is C11H14N4OS. The predicted octanol–water partition coefficient (Wildman–Crippen LogP) is 0.886. The van der Waals surface area contributed by atoms with Gasteiger partial charge in [0.2, 0.25) is 5.91 Å². The Balaban J connectivity index is 1.70. The molecule has 0 saturated carbocycles. The molecule has 2 aromatic rings. The molecule has 2 aromatic heterocycles. The highest BCUT2D eigenvalue weighted by molar-refractivity contribution is 7.10. The summed E-state index contributed by atoms with van der Waals surface area (Å²) in [5.74, 6) is 0.0348. The summed E-state index contributed by atoms with van der Waals surface area (Å²) in [4.78, 5) is 12.6.